The van der Waals surface area contributed by atoms with Crippen molar-refractivity contribution in [3.05, 3.63) is 60.2 Å². The van der Waals surface area contributed by atoms with Crippen molar-refractivity contribution in [1.29, 1.82) is 0 Å². The molecule has 0 radical (unpaired) electrons. The normalized spacial score (nSPS) is 19.0. The molecule has 2 fully saturated rings. The summed E-state index contributed by atoms with van der Waals surface area (Å²) in [4.78, 5) is 29.7. The fraction of sp³-hybridized carbons (Fsp3) is 0.440. The molecule has 0 saturated carbocycles. The molecule has 0 aromatic heterocycles. The molecule has 0 N–H and O–H groups in total. The fourth-order valence-electron chi connectivity index (χ4n) is 3.92. The van der Waals surface area contributed by atoms with Crippen LogP contribution in [0.15, 0.2) is 54.6 Å². The second-order valence-corrected chi connectivity index (χ2v) is 21.0. The van der Waals surface area contributed by atoms with E-state index in [1.807, 2.05) is 43.9 Å². The molecule has 1 atom stereocenters. The second kappa shape index (κ2) is 10.8. The molecular formula is C25H31AsN2O3S2. The quantitative estimate of drug-likeness (QED) is 0.511. The van der Waals surface area contributed by atoms with Crippen molar-refractivity contribution >= 4 is 54.4 Å². The van der Waals surface area contributed by atoms with Gasteiger partial charge >= 0.3 is 188 Å². The summed E-state index contributed by atoms with van der Waals surface area (Å²) in [6.45, 7) is 7.05. The van der Waals surface area contributed by atoms with Gasteiger partial charge in [-0.05, 0) is 20.8 Å². The molecule has 2 aliphatic rings. The molecule has 2 aromatic rings. The molecule has 33 heavy (non-hydrogen) atoms. The standard InChI is InChI=1S/C25H31AsN2O3S2/c1-25(2,3)31-24(30)27-14-13-20(18-27)23(29)28(17-19-7-5-4-6-8-19)22-11-9-21(10-12-22)26-32-15-16-33-26/h4-12,20H,13-18H2,1-3H3/t20-/m1/s1. The van der Waals surface area contributed by atoms with Crippen molar-refractivity contribution in [3.8, 4) is 0 Å². The number of benzene rings is 2. The summed E-state index contributed by atoms with van der Waals surface area (Å²) in [6, 6.07) is 18.7. The number of rotatable bonds is 5. The van der Waals surface area contributed by atoms with E-state index in [9.17, 15) is 9.59 Å². The maximum atomic E-state index is 13.7. The van der Waals surface area contributed by atoms with Crippen LogP contribution in [0.25, 0.3) is 0 Å². The van der Waals surface area contributed by atoms with E-state index in [0.29, 0.717) is 26.1 Å². The van der Waals surface area contributed by atoms with Gasteiger partial charge in [0.25, 0.3) is 0 Å². The zero-order valence-electron chi connectivity index (χ0n) is 19.4. The van der Waals surface area contributed by atoms with Crippen molar-refractivity contribution in [1.82, 2.24) is 4.90 Å². The minimum absolute atomic E-state index is 0.0696. The van der Waals surface area contributed by atoms with Gasteiger partial charge in [-0.25, -0.2) is 0 Å². The van der Waals surface area contributed by atoms with Gasteiger partial charge in [0.15, 0.2) is 0 Å². The Morgan fingerprint density at radius 2 is 1.73 bits per heavy atom. The minimum atomic E-state index is -1.04. The maximum absolute atomic E-state index is 13.7. The molecule has 2 heterocycles. The zero-order valence-corrected chi connectivity index (χ0v) is 22.9. The average molecular weight is 547 g/mol. The van der Waals surface area contributed by atoms with Crippen LogP contribution in [0.5, 0.6) is 0 Å². The average Bonchev–Trinajstić information content (AvgIpc) is 3.49. The first-order valence-corrected chi connectivity index (χ1v) is 18.7. The number of amides is 2. The summed E-state index contributed by atoms with van der Waals surface area (Å²) >= 11 is -1.04. The molecule has 2 aromatic carbocycles. The molecule has 0 aliphatic carbocycles. The van der Waals surface area contributed by atoms with Crippen molar-refractivity contribution in [3.63, 3.8) is 0 Å². The van der Waals surface area contributed by atoms with Crippen LogP contribution >= 0.6 is 20.0 Å². The van der Waals surface area contributed by atoms with E-state index in [1.54, 1.807) is 4.90 Å². The predicted octanol–water partition coefficient (Wildman–Crippen LogP) is 4.65. The number of hydrogen-bond donors (Lipinski definition) is 0. The molecule has 0 spiro atoms. The predicted molar refractivity (Wildman–Crippen MR) is 140 cm³/mol. The van der Waals surface area contributed by atoms with Gasteiger partial charge in [0.1, 0.15) is 0 Å². The number of carbonyl (C=O) groups excluding carboxylic acids is 2. The third-order valence-corrected chi connectivity index (χ3v) is 19.2. The first-order chi connectivity index (χ1) is 15.8. The third-order valence-electron chi connectivity index (χ3n) is 5.51. The van der Waals surface area contributed by atoms with Gasteiger partial charge in [0, 0.05) is 0 Å². The van der Waals surface area contributed by atoms with Crippen molar-refractivity contribution in [2.24, 2.45) is 5.92 Å². The first kappa shape index (κ1) is 24.6. The van der Waals surface area contributed by atoms with E-state index in [2.05, 4.69) is 56.4 Å². The number of hydrogen-bond acceptors (Lipinski definition) is 5. The summed E-state index contributed by atoms with van der Waals surface area (Å²) in [5.41, 5.74) is 1.47. The van der Waals surface area contributed by atoms with Crippen LogP contribution in [0.1, 0.15) is 32.8 Å². The summed E-state index contributed by atoms with van der Waals surface area (Å²) in [5.74, 6) is 2.35. The number of carbonyl (C=O) groups is 2. The van der Waals surface area contributed by atoms with E-state index >= 15 is 0 Å². The Hall–Kier alpha value is -1.56. The molecule has 8 heteroatoms. The Kier molecular flexibility index (Phi) is 8.03. The molecule has 2 saturated heterocycles. The van der Waals surface area contributed by atoms with E-state index in [0.717, 1.165) is 11.3 Å². The fourth-order valence-corrected chi connectivity index (χ4v) is 18.0. The molecule has 4 rings (SSSR count). The second-order valence-electron chi connectivity index (χ2n) is 9.26. The van der Waals surface area contributed by atoms with Crippen LogP contribution in [0.3, 0.4) is 0 Å². The Labute approximate surface area is 207 Å². The van der Waals surface area contributed by atoms with Crippen LogP contribution in [0, 0.1) is 5.92 Å². The van der Waals surface area contributed by atoms with Crippen LogP contribution in [0.4, 0.5) is 10.5 Å². The molecule has 0 bridgehead atoms. The van der Waals surface area contributed by atoms with Crippen LogP contribution < -0.4 is 9.25 Å². The molecule has 2 aliphatic heterocycles. The Balaban J connectivity index is 1.51. The van der Waals surface area contributed by atoms with Gasteiger partial charge in [0.05, 0.1) is 0 Å². The van der Waals surface area contributed by atoms with Crippen LogP contribution in [0.2, 0.25) is 0 Å². The topological polar surface area (TPSA) is 49.9 Å². The number of ether oxygens (including phenoxy) is 1. The van der Waals surface area contributed by atoms with E-state index in [1.165, 1.54) is 15.9 Å². The summed E-state index contributed by atoms with van der Waals surface area (Å²) in [7, 11) is 4.25. The molecule has 2 amide bonds. The summed E-state index contributed by atoms with van der Waals surface area (Å²) in [5, 5.41) is 0. The molecule has 5 nitrogen and oxygen atoms in total. The van der Waals surface area contributed by atoms with Gasteiger partial charge in [-0.2, -0.15) is 0 Å². The Morgan fingerprint density at radius 3 is 2.36 bits per heavy atom. The van der Waals surface area contributed by atoms with Gasteiger partial charge in [-0.1, -0.05) is 0 Å². The molecule has 176 valence electrons. The molecule has 0 unspecified atom stereocenters. The van der Waals surface area contributed by atoms with E-state index < -0.39 is 17.9 Å². The van der Waals surface area contributed by atoms with Crippen molar-refractivity contribution in [2.45, 2.75) is 39.3 Å². The van der Waals surface area contributed by atoms with E-state index in [4.69, 9.17) is 4.74 Å². The van der Waals surface area contributed by atoms with E-state index in [-0.39, 0.29) is 17.9 Å². The van der Waals surface area contributed by atoms with Gasteiger partial charge in [-0.3, -0.25) is 0 Å². The Bertz CT molecular complexity index is 960. The Morgan fingerprint density at radius 1 is 1.06 bits per heavy atom. The first-order valence-electron chi connectivity index (χ1n) is 11.3. The number of nitrogens with zero attached hydrogens (tertiary/aromatic N) is 2. The third kappa shape index (κ3) is 6.52. The number of likely N-dealkylation sites (tertiary alicyclic amines) is 1. The van der Waals surface area contributed by atoms with Crippen molar-refractivity contribution in [2.75, 3.05) is 29.5 Å². The van der Waals surface area contributed by atoms with Crippen LogP contribution in [-0.4, -0.2) is 59.4 Å². The monoisotopic (exact) mass is 546 g/mol. The summed E-state index contributed by atoms with van der Waals surface area (Å²) < 4.78 is 6.96. The zero-order chi connectivity index (χ0) is 23.4. The summed E-state index contributed by atoms with van der Waals surface area (Å²) in [6.07, 6.45) is 0.317. The van der Waals surface area contributed by atoms with Crippen LogP contribution in [-0.2, 0) is 16.1 Å². The van der Waals surface area contributed by atoms with Gasteiger partial charge in [0.2, 0.25) is 0 Å². The van der Waals surface area contributed by atoms with Crippen molar-refractivity contribution < 1.29 is 14.3 Å². The van der Waals surface area contributed by atoms with Gasteiger partial charge in [-0.15, -0.1) is 0 Å². The SMILES string of the molecule is CC(C)(C)OC(=O)N1CC[C@@H](C(=O)N(Cc2ccccc2)c2ccc([As]3SCCS3)cc2)C1. The number of anilines is 1. The molecular weight excluding hydrogens is 515 g/mol. The van der Waals surface area contributed by atoms with Gasteiger partial charge < -0.3 is 0 Å².